The molecule has 4 aliphatic rings. The number of anilines is 2. The first-order valence-corrected chi connectivity index (χ1v) is 19.2. The normalized spacial score (nSPS) is 23.1. The second-order valence-corrected chi connectivity index (χ2v) is 17.0. The van der Waals surface area contributed by atoms with Gasteiger partial charge >= 0.3 is 18.2 Å². The lowest BCUT2D eigenvalue weighted by Crippen LogP contribution is -2.55. The molecule has 0 spiro atoms. The summed E-state index contributed by atoms with van der Waals surface area (Å²) in [6, 6.07) is 5.28. The summed E-state index contributed by atoms with van der Waals surface area (Å²) in [7, 11) is 0. The quantitative estimate of drug-likeness (QED) is 0.195. The average Bonchev–Trinajstić information content (AvgIpc) is 3.86. The maximum atomic E-state index is 17.3. The van der Waals surface area contributed by atoms with Crippen LogP contribution in [0, 0.1) is 23.0 Å². The van der Waals surface area contributed by atoms with Crippen molar-refractivity contribution < 1.29 is 37.3 Å². The van der Waals surface area contributed by atoms with Crippen LogP contribution in [0.5, 0.6) is 6.01 Å². The summed E-state index contributed by atoms with van der Waals surface area (Å²) in [6.07, 6.45) is 2.28. The van der Waals surface area contributed by atoms with Crippen LogP contribution >= 0.6 is 22.9 Å². The SMILES string of the molecule is CC(C)(C)OC(=O)Nc1sc2c(F)ccc(-c3c(Cl)cc4c(N5C[C@H]6CC[C@@H](C5)N6C(=O)O)nc(OC[C@@]56CCCN5C/C(=C\F)C6)nc4c3F)c2c1C#N. The van der Waals surface area contributed by atoms with Crippen LogP contribution in [0.1, 0.15) is 58.4 Å². The maximum Gasteiger partial charge on any atom is 0.412 e. The van der Waals surface area contributed by atoms with Gasteiger partial charge in [0, 0.05) is 36.0 Å². The van der Waals surface area contributed by atoms with Gasteiger partial charge < -0.3 is 19.5 Å². The Kier molecular flexibility index (Phi) is 9.25. The minimum Gasteiger partial charge on any atom is -0.465 e. The second-order valence-electron chi connectivity index (χ2n) is 15.6. The standard InChI is InChI=1S/C38H37ClF3N7O5S/c1-37(2,3)54-35(50)46-33-24(14-43)27-22(7-8-26(41)31(27)55-33)28-25(39)11-23-30(29(28)42)44-34(53-18-38-9-4-10-48(38)15-19(12-38)13-40)45-32(23)47-16-20-5-6-21(17-47)49(20)36(51)52/h7-8,11,13,20-21H,4-6,9-10,12,15-18H2,1-3H3,(H,46,50)(H,51,52)/b19-13-/t20-,21+,38-/m0/s1. The largest absolute Gasteiger partial charge is 0.465 e. The lowest BCUT2D eigenvalue weighted by molar-refractivity contribution is 0.0636. The van der Waals surface area contributed by atoms with E-state index >= 15 is 8.78 Å². The number of carboxylic acid groups (broad SMARTS) is 1. The number of nitrogens with zero attached hydrogens (tertiary/aromatic N) is 6. The molecular formula is C38H37ClF3N7O5S. The molecule has 17 heteroatoms. The Bertz CT molecular complexity index is 2330. The molecule has 2 aromatic heterocycles. The molecule has 6 heterocycles. The Labute approximate surface area is 323 Å². The van der Waals surface area contributed by atoms with Crippen LogP contribution in [0.2, 0.25) is 5.02 Å². The number of hydrogen-bond donors (Lipinski definition) is 2. The van der Waals surface area contributed by atoms with E-state index in [0.29, 0.717) is 56.6 Å². The highest BCUT2D eigenvalue weighted by Crippen LogP contribution is 2.47. The number of ether oxygens (including phenoxy) is 2. The number of nitrogens with one attached hydrogen (secondary N) is 1. The molecule has 4 aliphatic heterocycles. The number of amides is 2. The Morgan fingerprint density at radius 3 is 2.64 bits per heavy atom. The number of hydrogen-bond acceptors (Lipinski definition) is 10. The molecule has 0 unspecified atom stereocenters. The number of aromatic nitrogens is 2. The van der Waals surface area contributed by atoms with Gasteiger partial charge in [0.15, 0.2) is 5.82 Å². The zero-order chi connectivity index (χ0) is 39.0. The van der Waals surface area contributed by atoms with E-state index < -0.39 is 35.0 Å². The smallest absolute Gasteiger partial charge is 0.412 e. The fraction of sp³-hybridized carbons (Fsp3) is 0.447. The van der Waals surface area contributed by atoms with E-state index in [2.05, 4.69) is 15.2 Å². The third-order valence-corrected chi connectivity index (χ3v) is 12.4. The molecule has 12 nitrogen and oxygen atoms in total. The molecule has 0 radical (unpaired) electrons. The molecule has 0 saturated carbocycles. The molecule has 0 aliphatic carbocycles. The number of halogens is 4. The molecule has 4 aromatic rings. The van der Waals surface area contributed by atoms with E-state index in [0.717, 1.165) is 36.8 Å². The molecule has 2 N–H and O–H groups in total. The number of thiophene rings is 1. The molecule has 2 aromatic carbocycles. The number of fused-ring (bicyclic) bond motifs is 5. The average molecular weight is 796 g/mol. The second kappa shape index (κ2) is 13.7. The fourth-order valence-electron chi connectivity index (χ4n) is 8.72. The van der Waals surface area contributed by atoms with Gasteiger partial charge in [-0.2, -0.15) is 15.2 Å². The monoisotopic (exact) mass is 795 g/mol. The van der Waals surface area contributed by atoms with Crippen LogP contribution in [0.3, 0.4) is 0 Å². The van der Waals surface area contributed by atoms with E-state index in [1.165, 1.54) is 17.0 Å². The van der Waals surface area contributed by atoms with Gasteiger partial charge in [-0.15, -0.1) is 11.3 Å². The summed E-state index contributed by atoms with van der Waals surface area (Å²) in [4.78, 5) is 39.7. The van der Waals surface area contributed by atoms with E-state index in [4.69, 9.17) is 26.1 Å². The van der Waals surface area contributed by atoms with Gasteiger partial charge in [0.2, 0.25) is 0 Å². The minimum absolute atomic E-state index is 0.00603. The van der Waals surface area contributed by atoms with Crippen LogP contribution in [0.4, 0.5) is 33.6 Å². The Hall–Kier alpha value is -4.85. The molecule has 288 valence electrons. The minimum atomic E-state index is -0.999. The summed E-state index contributed by atoms with van der Waals surface area (Å²) in [5.41, 5.74) is -0.961. The van der Waals surface area contributed by atoms with E-state index in [1.807, 2.05) is 11.0 Å². The highest BCUT2D eigenvalue weighted by molar-refractivity contribution is 7.23. The van der Waals surface area contributed by atoms with Crippen molar-refractivity contribution in [2.24, 2.45) is 0 Å². The molecule has 2 amide bonds. The van der Waals surface area contributed by atoms with Gasteiger partial charge in [-0.1, -0.05) is 17.7 Å². The van der Waals surface area contributed by atoms with E-state index in [-0.39, 0.29) is 72.4 Å². The number of carbonyl (C=O) groups excluding carboxylic acids is 1. The van der Waals surface area contributed by atoms with Gasteiger partial charge in [0.1, 0.15) is 40.4 Å². The van der Waals surface area contributed by atoms with Crippen molar-refractivity contribution in [3.05, 3.63) is 52.3 Å². The van der Waals surface area contributed by atoms with Crippen molar-refractivity contribution in [1.29, 1.82) is 5.26 Å². The molecule has 4 saturated heterocycles. The molecule has 55 heavy (non-hydrogen) atoms. The van der Waals surface area contributed by atoms with E-state index in [1.54, 1.807) is 20.8 Å². The molecule has 3 atom stereocenters. The van der Waals surface area contributed by atoms with Crippen LogP contribution < -0.4 is 15.0 Å². The number of carbonyl (C=O) groups is 2. The lowest BCUT2D eigenvalue weighted by Gasteiger charge is -2.40. The summed E-state index contributed by atoms with van der Waals surface area (Å²) >= 11 is 7.74. The van der Waals surface area contributed by atoms with Gasteiger partial charge in [-0.3, -0.25) is 15.1 Å². The van der Waals surface area contributed by atoms with Crippen molar-refractivity contribution in [3.63, 3.8) is 0 Å². The van der Waals surface area contributed by atoms with Gasteiger partial charge in [0.05, 0.1) is 39.2 Å². The molecule has 4 fully saturated rings. The van der Waals surface area contributed by atoms with Gasteiger partial charge in [-0.05, 0) is 82.7 Å². The molecular weight excluding hydrogens is 759 g/mol. The summed E-state index contributed by atoms with van der Waals surface area (Å²) in [5.74, 6) is -1.26. The number of rotatable bonds is 6. The first-order chi connectivity index (χ1) is 26.2. The predicted octanol–water partition coefficient (Wildman–Crippen LogP) is 8.46. The third kappa shape index (κ3) is 6.45. The summed E-state index contributed by atoms with van der Waals surface area (Å²) in [5, 5.41) is 23.0. The van der Waals surface area contributed by atoms with E-state index in [9.17, 15) is 24.3 Å². The highest BCUT2D eigenvalue weighted by Gasteiger charge is 2.48. The number of nitriles is 1. The maximum absolute atomic E-state index is 17.3. The first kappa shape index (κ1) is 37.1. The summed E-state index contributed by atoms with van der Waals surface area (Å²) < 4.78 is 58.0. The van der Waals surface area contributed by atoms with Crippen LogP contribution in [0.25, 0.3) is 32.1 Å². The topological polar surface area (TPSA) is 144 Å². The first-order valence-electron chi connectivity index (χ1n) is 18.0. The van der Waals surface area contributed by atoms with Crippen LogP contribution in [-0.4, -0.2) is 93.1 Å². The molecule has 2 bridgehead atoms. The fourth-order valence-corrected chi connectivity index (χ4v) is 10.1. The number of benzene rings is 2. The van der Waals surface area contributed by atoms with Crippen molar-refractivity contribution in [2.75, 3.05) is 43.0 Å². The number of piperazine rings is 1. The van der Waals surface area contributed by atoms with Crippen molar-refractivity contribution in [2.45, 2.75) is 76.1 Å². The third-order valence-electron chi connectivity index (χ3n) is 10.9. The van der Waals surface area contributed by atoms with Gasteiger partial charge in [0.25, 0.3) is 0 Å². The Balaban J connectivity index is 1.26. The zero-order valence-electron chi connectivity index (χ0n) is 30.2. The zero-order valence-corrected chi connectivity index (χ0v) is 31.8. The van der Waals surface area contributed by atoms with Crippen molar-refractivity contribution >= 4 is 66.9 Å². The highest BCUT2D eigenvalue weighted by atomic mass is 35.5. The van der Waals surface area contributed by atoms with Crippen molar-refractivity contribution in [1.82, 2.24) is 19.8 Å². The van der Waals surface area contributed by atoms with Gasteiger partial charge in [-0.25, -0.2) is 22.8 Å². The Morgan fingerprint density at radius 2 is 1.96 bits per heavy atom. The summed E-state index contributed by atoms with van der Waals surface area (Å²) in [6.45, 7) is 7.02. The molecule has 8 rings (SSSR count). The van der Waals surface area contributed by atoms with Crippen LogP contribution in [0.15, 0.2) is 30.1 Å². The predicted molar refractivity (Wildman–Crippen MR) is 202 cm³/mol. The lowest BCUT2D eigenvalue weighted by atomic mass is 9.94. The van der Waals surface area contributed by atoms with Crippen LogP contribution in [-0.2, 0) is 4.74 Å². The Morgan fingerprint density at radius 1 is 1.22 bits per heavy atom. The van der Waals surface area contributed by atoms with Crippen molar-refractivity contribution in [3.8, 4) is 23.2 Å².